The third-order valence-corrected chi connectivity index (χ3v) is 4.65. The van der Waals surface area contributed by atoms with Gasteiger partial charge in [-0.05, 0) is 55.3 Å². The first-order valence-electron chi connectivity index (χ1n) is 9.14. The number of hydrogen-bond acceptors (Lipinski definition) is 10. The molecule has 1 fully saturated rings. The number of amides is 1. The number of nitrogens with zero attached hydrogens (tertiary/aromatic N) is 8. The SMILES string of the molecule is C/C(=N\NC(=O)c1c(CN2CCCC2)nnn1-c1nonc1N)c1ccncc1. The first-order chi connectivity index (χ1) is 14.1. The maximum atomic E-state index is 13.0. The molecule has 0 atom stereocenters. The number of nitrogen functional groups attached to an aromatic ring is 1. The van der Waals surface area contributed by atoms with Gasteiger partial charge in [0.05, 0.1) is 5.71 Å². The van der Waals surface area contributed by atoms with E-state index in [1.807, 2.05) is 0 Å². The zero-order valence-electron chi connectivity index (χ0n) is 15.8. The molecule has 12 heteroatoms. The zero-order chi connectivity index (χ0) is 20.2. The maximum absolute atomic E-state index is 13.0. The van der Waals surface area contributed by atoms with Gasteiger partial charge in [-0.25, -0.2) is 10.1 Å². The number of carbonyl (C=O) groups excluding carboxylic acids is 1. The van der Waals surface area contributed by atoms with E-state index in [4.69, 9.17) is 5.73 Å². The number of nitrogens with one attached hydrogen (secondary N) is 1. The lowest BCUT2D eigenvalue weighted by Crippen LogP contribution is -2.26. The molecule has 1 amide bonds. The summed E-state index contributed by atoms with van der Waals surface area (Å²) in [6.45, 7) is 4.17. The Morgan fingerprint density at radius 2 is 2.03 bits per heavy atom. The third kappa shape index (κ3) is 3.96. The fourth-order valence-corrected chi connectivity index (χ4v) is 3.13. The highest BCUT2D eigenvalue weighted by Gasteiger charge is 2.27. The fourth-order valence-electron chi connectivity index (χ4n) is 3.13. The van der Waals surface area contributed by atoms with Crippen LogP contribution in [0.15, 0.2) is 34.3 Å². The summed E-state index contributed by atoms with van der Waals surface area (Å²) < 4.78 is 5.87. The lowest BCUT2D eigenvalue weighted by molar-refractivity contribution is 0.0945. The lowest BCUT2D eigenvalue weighted by atomic mass is 10.2. The van der Waals surface area contributed by atoms with Crippen molar-refractivity contribution in [2.75, 3.05) is 18.8 Å². The van der Waals surface area contributed by atoms with Crippen molar-refractivity contribution in [1.29, 1.82) is 0 Å². The van der Waals surface area contributed by atoms with Crippen molar-refractivity contribution < 1.29 is 9.42 Å². The Kier molecular flexibility index (Phi) is 5.24. The monoisotopic (exact) mass is 396 g/mol. The van der Waals surface area contributed by atoms with Crippen LogP contribution in [0.4, 0.5) is 5.82 Å². The van der Waals surface area contributed by atoms with Gasteiger partial charge in [-0.2, -0.15) is 9.78 Å². The van der Waals surface area contributed by atoms with E-state index in [9.17, 15) is 4.79 Å². The van der Waals surface area contributed by atoms with E-state index < -0.39 is 5.91 Å². The number of pyridine rings is 1. The molecule has 29 heavy (non-hydrogen) atoms. The number of aromatic nitrogens is 6. The number of rotatable bonds is 6. The number of anilines is 1. The molecule has 3 aromatic heterocycles. The molecule has 1 aliphatic rings. The van der Waals surface area contributed by atoms with Gasteiger partial charge in [0.25, 0.3) is 5.91 Å². The largest absolute Gasteiger partial charge is 0.378 e. The molecule has 3 N–H and O–H groups in total. The van der Waals surface area contributed by atoms with Crippen LogP contribution in [0.3, 0.4) is 0 Å². The average Bonchev–Trinajstić information content (AvgIpc) is 3.48. The summed E-state index contributed by atoms with van der Waals surface area (Å²) in [5.41, 5.74) is 10.5. The van der Waals surface area contributed by atoms with Crippen LogP contribution in [-0.4, -0.2) is 59.9 Å². The fraction of sp³-hybridized carbons (Fsp3) is 0.353. The van der Waals surface area contributed by atoms with E-state index in [1.54, 1.807) is 31.5 Å². The van der Waals surface area contributed by atoms with Crippen LogP contribution in [0.5, 0.6) is 0 Å². The van der Waals surface area contributed by atoms with Crippen molar-refractivity contribution in [2.24, 2.45) is 5.10 Å². The molecule has 12 nitrogen and oxygen atoms in total. The molecule has 4 heterocycles. The minimum Gasteiger partial charge on any atom is -0.378 e. The Morgan fingerprint density at radius 3 is 2.72 bits per heavy atom. The molecule has 4 rings (SSSR count). The summed E-state index contributed by atoms with van der Waals surface area (Å²) in [7, 11) is 0. The van der Waals surface area contributed by atoms with Crippen LogP contribution in [0, 0.1) is 0 Å². The second-order valence-corrected chi connectivity index (χ2v) is 6.63. The highest BCUT2D eigenvalue weighted by Crippen LogP contribution is 2.19. The maximum Gasteiger partial charge on any atom is 0.292 e. The molecule has 150 valence electrons. The van der Waals surface area contributed by atoms with Gasteiger partial charge in [-0.15, -0.1) is 5.10 Å². The Labute approximate surface area is 165 Å². The molecule has 0 aliphatic carbocycles. The van der Waals surface area contributed by atoms with Gasteiger partial charge >= 0.3 is 0 Å². The molecular weight excluding hydrogens is 376 g/mol. The number of carbonyl (C=O) groups is 1. The second-order valence-electron chi connectivity index (χ2n) is 6.63. The van der Waals surface area contributed by atoms with Crippen molar-refractivity contribution in [2.45, 2.75) is 26.3 Å². The molecule has 1 saturated heterocycles. The quantitative estimate of drug-likeness (QED) is 0.444. The van der Waals surface area contributed by atoms with Crippen LogP contribution < -0.4 is 11.2 Å². The van der Waals surface area contributed by atoms with Crippen LogP contribution in [-0.2, 0) is 6.54 Å². The van der Waals surface area contributed by atoms with Gasteiger partial charge < -0.3 is 5.73 Å². The lowest BCUT2D eigenvalue weighted by Gasteiger charge is -2.13. The van der Waals surface area contributed by atoms with E-state index in [1.165, 1.54) is 4.68 Å². The Balaban J connectivity index is 1.63. The third-order valence-electron chi connectivity index (χ3n) is 4.65. The minimum absolute atomic E-state index is 0.00754. The first-order valence-corrected chi connectivity index (χ1v) is 9.14. The molecule has 0 bridgehead atoms. The van der Waals surface area contributed by atoms with Crippen LogP contribution in [0.1, 0.15) is 41.5 Å². The van der Waals surface area contributed by atoms with E-state index in [2.05, 4.69) is 45.7 Å². The molecular formula is C17H20N10O2. The average molecular weight is 396 g/mol. The summed E-state index contributed by atoms with van der Waals surface area (Å²) in [4.78, 5) is 19.2. The van der Waals surface area contributed by atoms with Gasteiger partial charge in [-0.3, -0.25) is 14.7 Å². The first kappa shape index (κ1) is 18.7. The molecule has 3 aromatic rings. The Hall–Kier alpha value is -3.67. The van der Waals surface area contributed by atoms with Crippen molar-refractivity contribution in [3.8, 4) is 5.82 Å². The van der Waals surface area contributed by atoms with E-state index in [0.29, 0.717) is 18.0 Å². The summed E-state index contributed by atoms with van der Waals surface area (Å²) in [6.07, 6.45) is 5.55. The molecule has 0 aromatic carbocycles. The molecule has 0 radical (unpaired) electrons. The van der Waals surface area contributed by atoms with E-state index in [0.717, 1.165) is 31.5 Å². The zero-order valence-corrected chi connectivity index (χ0v) is 15.8. The predicted octanol–water partition coefficient (Wildman–Crippen LogP) is 0.377. The number of hydrogen-bond donors (Lipinski definition) is 2. The number of likely N-dealkylation sites (tertiary alicyclic amines) is 1. The highest BCUT2D eigenvalue weighted by atomic mass is 16.6. The van der Waals surface area contributed by atoms with Crippen LogP contribution in [0.25, 0.3) is 5.82 Å². The molecule has 0 unspecified atom stereocenters. The van der Waals surface area contributed by atoms with Gasteiger partial charge in [0.2, 0.25) is 11.6 Å². The molecule has 0 spiro atoms. The number of hydrazone groups is 1. The van der Waals surface area contributed by atoms with Crippen LogP contribution in [0.2, 0.25) is 0 Å². The van der Waals surface area contributed by atoms with Crippen molar-refractivity contribution >= 4 is 17.4 Å². The van der Waals surface area contributed by atoms with Gasteiger partial charge in [0.15, 0.2) is 5.69 Å². The van der Waals surface area contributed by atoms with E-state index in [-0.39, 0.29) is 17.3 Å². The Bertz CT molecular complexity index is 1020. The minimum atomic E-state index is -0.486. The van der Waals surface area contributed by atoms with E-state index >= 15 is 0 Å². The normalized spacial score (nSPS) is 15.0. The topological polar surface area (TPSA) is 153 Å². The van der Waals surface area contributed by atoms with Gasteiger partial charge in [-0.1, -0.05) is 5.21 Å². The summed E-state index contributed by atoms with van der Waals surface area (Å²) in [5.74, 6) is -0.377. The van der Waals surface area contributed by atoms with Gasteiger partial charge in [0, 0.05) is 24.5 Å². The predicted molar refractivity (Wildman–Crippen MR) is 102 cm³/mol. The van der Waals surface area contributed by atoms with Gasteiger partial charge in [0.1, 0.15) is 5.69 Å². The van der Waals surface area contributed by atoms with Crippen LogP contribution >= 0.6 is 0 Å². The standard InChI is InChI=1S/C17H20N10O2/c1-11(12-4-6-19-7-5-12)20-22-17(28)14-13(10-26-8-2-3-9-26)21-25-27(14)16-15(18)23-29-24-16/h4-7H,2-3,8-10H2,1H3,(H2,18,23)(H,22,28)/b20-11+. The smallest absolute Gasteiger partial charge is 0.292 e. The summed E-state index contributed by atoms with van der Waals surface area (Å²) >= 11 is 0. The summed E-state index contributed by atoms with van der Waals surface area (Å²) in [5, 5.41) is 19.7. The molecule has 0 saturated carbocycles. The van der Waals surface area contributed by atoms with Crippen molar-refractivity contribution in [3.05, 3.63) is 41.5 Å². The summed E-state index contributed by atoms with van der Waals surface area (Å²) in [6, 6.07) is 3.61. The number of nitrogens with two attached hydrogens (primary N) is 1. The Morgan fingerprint density at radius 1 is 1.28 bits per heavy atom. The highest BCUT2D eigenvalue weighted by molar-refractivity contribution is 6.00. The van der Waals surface area contributed by atoms with Crippen molar-refractivity contribution in [1.82, 2.24) is 40.6 Å². The molecule has 1 aliphatic heterocycles. The van der Waals surface area contributed by atoms with Crippen molar-refractivity contribution in [3.63, 3.8) is 0 Å². The second kappa shape index (κ2) is 8.14.